The smallest absolute Gasteiger partial charge is 0.333 e. The van der Waals surface area contributed by atoms with E-state index in [1.165, 1.54) is 6.26 Å². The number of amides is 1. The highest BCUT2D eigenvalue weighted by molar-refractivity contribution is 5.90. The second-order valence-electron chi connectivity index (χ2n) is 9.23. The van der Waals surface area contributed by atoms with Crippen LogP contribution in [-0.4, -0.2) is 53.8 Å². The maximum atomic E-state index is 13.4. The molecule has 2 N–H and O–H groups in total. The van der Waals surface area contributed by atoms with Crippen LogP contribution in [0.1, 0.15) is 24.4 Å². The first-order valence-corrected chi connectivity index (χ1v) is 11.7. The maximum Gasteiger partial charge on any atom is 0.333 e. The minimum atomic E-state index is -0.608. The van der Waals surface area contributed by atoms with E-state index in [-0.39, 0.29) is 30.4 Å². The highest BCUT2D eigenvalue weighted by Crippen LogP contribution is 2.36. The molecule has 2 aromatic carbocycles. The Morgan fingerprint density at radius 2 is 1.71 bits per heavy atom. The minimum absolute atomic E-state index is 0. The van der Waals surface area contributed by atoms with Gasteiger partial charge in [0.15, 0.2) is 24.5 Å². The van der Waals surface area contributed by atoms with Crippen molar-refractivity contribution in [3.8, 4) is 0 Å². The molecule has 0 aliphatic carbocycles. The van der Waals surface area contributed by atoms with Gasteiger partial charge in [-0.15, -0.1) is 0 Å². The van der Waals surface area contributed by atoms with Gasteiger partial charge in [-0.3, -0.25) is 4.79 Å². The molecule has 184 valence electrons. The fourth-order valence-electron chi connectivity index (χ4n) is 5.18. The van der Waals surface area contributed by atoms with E-state index in [9.17, 15) is 9.59 Å². The van der Waals surface area contributed by atoms with E-state index in [2.05, 4.69) is 15.8 Å². The predicted octanol–water partition coefficient (Wildman–Crippen LogP) is 0.623. The zero-order chi connectivity index (χ0) is 23.4. The summed E-state index contributed by atoms with van der Waals surface area (Å²) in [5.41, 5.74) is 1.71. The van der Waals surface area contributed by atoms with E-state index in [0.717, 1.165) is 37.2 Å². The Hall–Kier alpha value is -3.36. The maximum absolute atomic E-state index is 13.4. The van der Waals surface area contributed by atoms with Gasteiger partial charge in [0.1, 0.15) is 12.8 Å². The number of fused-ring (bicyclic) bond motifs is 3. The first kappa shape index (κ1) is 24.8. The third-order valence-electron chi connectivity index (χ3n) is 6.95. The van der Waals surface area contributed by atoms with Gasteiger partial charge in [-0.25, -0.2) is 4.79 Å². The number of piperidine rings is 3. The molecule has 0 unspecified atom stereocenters. The van der Waals surface area contributed by atoms with Gasteiger partial charge >= 0.3 is 5.97 Å². The van der Waals surface area contributed by atoms with Crippen molar-refractivity contribution in [1.82, 2.24) is 5.16 Å². The third kappa shape index (κ3) is 5.83. The van der Waals surface area contributed by atoms with E-state index >= 15 is 0 Å². The molecule has 6 rings (SSSR count). The van der Waals surface area contributed by atoms with Crippen LogP contribution in [0.5, 0.6) is 0 Å². The molecule has 8 nitrogen and oxygen atoms in total. The Bertz CT molecular complexity index is 1100. The SMILES string of the molecule is O=C(C[N+]12CCC(CC1)[C@@H](OC(=O)[C@H](Nc1ccccc1)c1ccccc1)C2)Nc1ccon1.[Cl-]. The van der Waals surface area contributed by atoms with Gasteiger partial charge in [0, 0.05) is 30.5 Å². The van der Waals surface area contributed by atoms with Crippen LogP contribution < -0.4 is 23.0 Å². The number of nitrogens with zero attached hydrogens (tertiary/aromatic N) is 2. The summed E-state index contributed by atoms with van der Waals surface area (Å²) in [4.78, 5) is 26.1. The molecule has 2 atom stereocenters. The van der Waals surface area contributed by atoms with Crippen LogP contribution in [0.4, 0.5) is 11.5 Å². The summed E-state index contributed by atoms with van der Waals surface area (Å²) in [5, 5.41) is 9.88. The molecule has 0 spiro atoms. The molecule has 35 heavy (non-hydrogen) atoms. The van der Waals surface area contributed by atoms with Crippen LogP contribution in [0.25, 0.3) is 0 Å². The highest BCUT2D eigenvalue weighted by atomic mass is 35.5. The second-order valence-corrected chi connectivity index (χ2v) is 9.23. The second kappa shape index (κ2) is 10.9. The summed E-state index contributed by atoms with van der Waals surface area (Å²) < 4.78 is 11.6. The standard InChI is InChI=1S/C26H28N4O4.ClH/c31-24(28-23-13-16-33-29-23)18-30-14-11-19(12-15-30)22(17-30)34-26(32)25(20-7-3-1-4-8-20)27-21-9-5-2-6-10-21;/h1-10,13,16,19,22,25,27H,11-12,14-15,17-18H2;1H/t19?,22-,25+,30?;/m0./s1. The van der Waals surface area contributed by atoms with Gasteiger partial charge in [0.2, 0.25) is 0 Å². The van der Waals surface area contributed by atoms with Crippen LogP contribution in [-0.2, 0) is 14.3 Å². The molecular formula is C26H29ClN4O4. The van der Waals surface area contributed by atoms with Gasteiger partial charge in [-0.1, -0.05) is 53.7 Å². The topological polar surface area (TPSA) is 93.5 Å². The third-order valence-corrected chi connectivity index (χ3v) is 6.95. The van der Waals surface area contributed by atoms with Gasteiger partial charge in [-0.05, 0) is 17.7 Å². The molecule has 0 saturated carbocycles. The van der Waals surface area contributed by atoms with Crippen LogP contribution in [0.15, 0.2) is 77.5 Å². The van der Waals surface area contributed by atoms with E-state index in [4.69, 9.17) is 9.26 Å². The Morgan fingerprint density at radius 3 is 2.37 bits per heavy atom. The van der Waals surface area contributed by atoms with Crippen molar-refractivity contribution in [2.24, 2.45) is 5.92 Å². The first-order valence-electron chi connectivity index (χ1n) is 11.7. The fourth-order valence-corrected chi connectivity index (χ4v) is 5.18. The molecule has 4 heterocycles. The number of anilines is 2. The average Bonchev–Trinajstić information content (AvgIpc) is 3.37. The zero-order valence-electron chi connectivity index (χ0n) is 19.3. The lowest BCUT2D eigenvalue weighted by Gasteiger charge is -2.51. The number of ether oxygens (including phenoxy) is 1. The van der Waals surface area contributed by atoms with Crippen molar-refractivity contribution in [2.45, 2.75) is 25.0 Å². The lowest BCUT2D eigenvalue weighted by Crippen LogP contribution is -3.00. The molecule has 3 saturated heterocycles. The van der Waals surface area contributed by atoms with Crippen LogP contribution >= 0.6 is 0 Å². The number of quaternary nitrogens is 1. The summed E-state index contributed by atoms with van der Waals surface area (Å²) in [5.74, 6) is 0.345. The number of benzene rings is 2. The van der Waals surface area contributed by atoms with Crippen molar-refractivity contribution in [3.05, 3.63) is 78.6 Å². The van der Waals surface area contributed by atoms with E-state index < -0.39 is 6.04 Å². The summed E-state index contributed by atoms with van der Waals surface area (Å²) in [7, 11) is 0. The number of carbonyl (C=O) groups is 2. The average molecular weight is 497 g/mol. The number of esters is 1. The largest absolute Gasteiger partial charge is 1.00 e. The van der Waals surface area contributed by atoms with Gasteiger partial charge in [0.05, 0.1) is 13.1 Å². The highest BCUT2D eigenvalue weighted by Gasteiger charge is 2.49. The van der Waals surface area contributed by atoms with Gasteiger partial charge in [0.25, 0.3) is 5.91 Å². The number of nitrogens with one attached hydrogen (secondary N) is 2. The fraction of sp³-hybridized carbons (Fsp3) is 0.346. The number of halogens is 1. The number of rotatable bonds is 8. The molecule has 9 heteroatoms. The summed E-state index contributed by atoms with van der Waals surface area (Å²) in [6.45, 7) is 2.80. The Kier molecular flexibility index (Phi) is 7.73. The van der Waals surface area contributed by atoms with Crippen molar-refractivity contribution in [3.63, 3.8) is 0 Å². The number of carbonyl (C=O) groups excluding carboxylic acids is 2. The summed E-state index contributed by atoms with van der Waals surface area (Å²) in [6, 6.07) is 20.3. The van der Waals surface area contributed by atoms with Crippen molar-refractivity contribution >= 4 is 23.4 Å². The molecule has 3 fully saturated rings. The molecule has 3 aliphatic heterocycles. The Labute approximate surface area is 210 Å². The normalized spacial score (nSPS) is 23.5. The first-order chi connectivity index (χ1) is 16.6. The number of hydrogen-bond donors (Lipinski definition) is 2. The molecular weight excluding hydrogens is 468 g/mol. The van der Waals surface area contributed by atoms with Gasteiger partial charge < -0.3 is 36.8 Å². The number of para-hydroxylation sites is 1. The molecule has 2 bridgehead atoms. The quantitative estimate of drug-likeness (QED) is 0.351. The molecule has 3 aliphatic rings. The van der Waals surface area contributed by atoms with Gasteiger partial charge in [-0.2, -0.15) is 0 Å². The molecule has 1 amide bonds. The van der Waals surface area contributed by atoms with E-state index in [0.29, 0.717) is 29.3 Å². The monoisotopic (exact) mass is 496 g/mol. The van der Waals surface area contributed by atoms with Crippen molar-refractivity contribution < 1.29 is 35.7 Å². The summed E-state index contributed by atoms with van der Waals surface area (Å²) in [6.07, 6.45) is 3.10. The predicted molar refractivity (Wildman–Crippen MR) is 127 cm³/mol. The number of hydrogen-bond acceptors (Lipinski definition) is 6. The van der Waals surface area contributed by atoms with E-state index in [1.807, 2.05) is 60.7 Å². The lowest BCUT2D eigenvalue weighted by molar-refractivity contribution is -0.938. The van der Waals surface area contributed by atoms with Crippen LogP contribution in [0, 0.1) is 5.92 Å². The lowest BCUT2D eigenvalue weighted by atomic mass is 9.83. The summed E-state index contributed by atoms with van der Waals surface area (Å²) >= 11 is 0. The van der Waals surface area contributed by atoms with E-state index in [1.54, 1.807) is 6.07 Å². The number of aromatic nitrogens is 1. The zero-order valence-corrected chi connectivity index (χ0v) is 20.1. The van der Waals surface area contributed by atoms with Crippen molar-refractivity contribution in [2.75, 3.05) is 36.8 Å². The molecule has 0 radical (unpaired) electrons. The Morgan fingerprint density at radius 1 is 1.03 bits per heavy atom. The van der Waals surface area contributed by atoms with Crippen LogP contribution in [0.2, 0.25) is 0 Å². The Balaban J connectivity index is 0.00000289. The molecule has 1 aromatic heterocycles. The minimum Gasteiger partial charge on any atom is -1.00 e. The molecule has 3 aromatic rings. The van der Waals surface area contributed by atoms with Crippen LogP contribution in [0.3, 0.4) is 0 Å². The van der Waals surface area contributed by atoms with Crippen molar-refractivity contribution in [1.29, 1.82) is 0 Å².